The summed E-state index contributed by atoms with van der Waals surface area (Å²) in [7, 11) is 3.21. The van der Waals surface area contributed by atoms with Gasteiger partial charge in [0.05, 0.1) is 25.6 Å². The highest BCUT2D eigenvalue weighted by molar-refractivity contribution is 7.14. The van der Waals surface area contributed by atoms with Crippen LogP contribution in [0.2, 0.25) is 0 Å². The number of thiazole rings is 1. The molecule has 118 valence electrons. The Hall–Kier alpha value is -2.60. The maximum Gasteiger partial charge on any atom is 0.187 e. The molecule has 1 aromatic heterocycles. The van der Waals surface area contributed by atoms with Gasteiger partial charge in [-0.2, -0.15) is 0 Å². The summed E-state index contributed by atoms with van der Waals surface area (Å²) in [5, 5.41) is 5.88. The summed E-state index contributed by atoms with van der Waals surface area (Å²) in [5.74, 6) is 1.13. The Bertz CT molecular complexity index is 803. The third kappa shape index (κ3) is 3.43. The van der Waals surface area contributed by atoms with Crippen LogP contribution < -0.4 is 14.8 Å². The van der Waals surface area contributed by atoms with E-state index in [4.69, 9.17) is 9.47 Å². The Morgan fingerprint density at radius 3 is 2.52 bits per heavy atom. The van der Waals surface area contributed by atoms with Crippen LogP contribution in [0.3, 0.4) is 0 Å². The molecule has 2 aromatic carbocycles. The quantitative estimate of drug-likeness (QED) is 0.736. The predicted octanol–water partition coefficient (Wildman–Crippen LogP) is 4.71. The van der Waals surface area contributed by atoms with Crippen molar-refractivity contribution in [2.24, 2.45) is 0 Å². The molecule has 3 aromatic rings. The van der Waals surface area contributed by atoms with Gasteiger partial charge in [0.15, 0.2) is 5.13 Å². The first kappa shape index (κ1) is 15.3. The number of hydrogen-bond acceptors (Lipinski definition) is 5. The van der Waals surface area contributed by atoms with Crippen molar-refractivity contribution in [3.05, 3.63) is 53.7 Å². The molecule has 6 heteroatoms. The third-order valence-electron chi connectivity index (χ3n) is 3.29. The van der Waals surface area contributed by atoms with Crippen molar-refractivity contribution in [1.29, 1.82) is 0 Å². The lowest BCUT2D eigenvalue weighted by Crippen LogP contribution is -1.95. The van der Waals surface area contributed by atoms with Crippen LogP contribution in [0, 0.1) is 5.82 Å². The topological polar surface area (TPSA) is 43.4 Å². The molecule has 0 bridgehead atoms. The Kier molecular flexibility index (Phi) is 4.43. The van der Waals surface area contributed by atoms with Gasteiger partial charge in [-0.3, -0.25) is 0 Å². The second-order valence-electron chi connectivity index (χ2n) is 4.74. The Morgan fingerprint density at radius 2 is 1.83 bits per heavy atom. The van der Waals surface area contributed by atoms with Crippen molar-refractivity contribution >= 4 is 22.2 Å². The first-order valence-electron chi connectivity index (χ1n) is 6.90. The number of rotatable bonds is 5. The van der Waals surface area contributed by atoms with E-state index in [0.29, 0.717) is 5.75 Å². The van der Waals surface area contributed by atoms with E-state index in [1.54, 1.807) is 32.4 Å². The minimum absolute atomic E-state index is 0.259. The molecule has 0 spiro atoms. The van der Waals surface area contributed by atoms with Gasteiger partial charge in [-0.1, -0.05) is 0 Å². The minimum Gasteiger partial charge on any atom is -0.497 e. The molecule has 23 heavy (non-hydrogen) atoms. The van der Waals surface area contributed by atoms with Crippen molar-refractivity contribution in [2.45, 2.75) is 0 Å². The smallest absolute Gasteiger partial charge is 0.187 e. The summed E-state index contributed by atoms with van der Waals surface area (Å²) in [4.78, 5) is 4.52. The van der Waals surface area contributed by atoms with Crippen LogP contribution >= 0.6 is 11.3 Å². The highest BCUT2D eigenvalue weighted by atomic mass is 32.1. The zero-order valence-electron chi connectivity index (χ0n) is 12.7. The Balaban J connectivity index is 1.83. The third-order valence-corrected chi connectivity index (χ3v) is 4.05. The molecule has 0 aliphatic heterocycles. The fourth-order valence-corrected chi connectivity index (χ4v) is 2.83. The fraction of sp³-hybridized carbons (Fsp3) is 0.118. The SMILES string of the molecule is COc1ccc(Nc2nc(-c3ccc(F)cc3)cs2)c(OC)c1. The minimum atomic E-state index is -0.259. The zero-order chi connectivity index (χ0) is 16.2. The number of methoxy groups -OCH3 is 2. The molecule has 0 saturated heterocycles. The molecule has 0 saturated carbocycles. The number of nitrogens with one attached hydrogen (secondary N) is 1. The average Bonchev–Trinajstić information content (AvgIpc) is 3.04. The molecule has 0 fully saturated rings. The van der Waals surface area contributed by atoms with E-state index in [0.717, 1.165) is 27.8 Å². The first-order valence-corrected chi connectivity index (χ1v) is 7.78. The molecule has 0 aliphatic carbocycles. The largest absolute Gasteiger partial charge is 0.497 e. The number of aromatic nitrogens is 1. The molecule has 3 rings (SSSR count). The van der Waals surface area contributed by atoms with Crippen LogP contribution in [0.4, 0.5) is 15.2 Å². The summed E-state index contributed by atoms with van der Waals surface area (Å²) < 4.78 is 23.5. The lowest BCUT2D eigenvalue weighted by atomic mass is 10.2. The van der Waals surface area contributed by atoms with E-state index in [2.05, 4.69) is 10.3 Å². The number of halogens is 1. The van der Waals surface area contributed by atoms with Crippen molar-refractivity contribution in [2.75, 3.05) is 19.5 Å². The summed E-state index contributed by atoms with van der Waals surface area (Å²) in [6.07, 6.45) is 0. The molecule has 0 unspecified atom stereocenters. The highest BCUT2D eigenvalue weighted by Crippen LogP contribution is 2.33. The Morgan fingerprint density at radius 1 is 1.04 bits per heavy atom. The summed E-state index contributed by atoms with van der Waals surface area (Å²) in [6.45, 7) is 0. The zero-order valence-corrected chi connectivity index (χ0v) is 13.5. The second-order valence-corrected chi connectivity index (χ2v) is 5.59. The molecule has 0 radical (unpaired) electrons. The molecule has 1 N–H and O–H groups in total. The van der Waals surface area contributed by atoms with Crippen LogP contribution in [0.1, 0.15) is 0 Å². The summed E-state index contributed by atoms with van der Waals surface area (Å²) in [5.41, 5.74) is 2.47. The predicted molar refractivity (Wildman–Crippen MR) is 90.3 cm³/mol. The highest BCUT2D eigenvalue weighted by Gasteiger charge is 2.09. The molecular formula is C17H15FN2O2S. The van der Waals surface area contributed by atoms with Gasteiger partial charge in [0.25, 0.3) is 0 Å². The van der Waals surface area contributed by atoms with Gasteiger partial charge >= 0.3 is 0 Å². The maximum absolute atomic E-state index is 13.0. The van der Waals surface area contributed by atoms with E-state index in [1.807, 2.05) is 17.5 Å². The monoisotopic (exact) mass is 330 g/mol. The standard InChI is InChI=1S/C17H15FN2O2S/c1-21-13-7-8-14(16(9-13)22-2)19-17-20-15(10-23-17)11-3-5-12(18)6-4-11/h3-10H,1-2H3,(H,19,20). The van der Waals surface area contributed by atoms with Gasteiger partial charge in [0.2, 0.25) is 0 Å². The number of anilines is 2. The van der Waals surface area contributed by atoms with Crippen LogP contribution in [0.25, 0.3) is 11.3 Å². The van der Waals surface area contributed by atoms with Crippen molar-refractivity contribution < 1.29 is 13.9 Å². The lowest BCUT2D eigenvalue weighted by Gasteiger charge is -2.10. The van der Waals surface area contributed by atoms with Crippen LogP contribution in [0.15, 0.2) is 47.8 Å². The number of hydrogen-bond donors (Lipinski definition) is 1. The van der Waals surface area contributed by atoms with Gasteiger partial charge in [0, 0.05) is 17.0 Å². The van der Waals surface area contributed by atoms with Gasteiger partial charge < -0.3 is 14.8 Å². The molecule has 4 nitrogen and oxygen atoms in total. The summed E-state index contributed by atoms with van der Waals surface area (Å²) >= 11 is 1.47. The van der Waals surface area contributed by atoms with Crippen molar-refractivity contribution in [3.63, 3.8) is 0 Å². The lowest BCUT2D eigenvalue weighted by molar-refractivity contribution is 0.395. The molecule has 0 atom stereocenters. The molecule has 0 aliphatic rings. The van der Waals surface area contributed by atoms with Gasteiger partial charge in [0.1, 0.15) is 17.3 Å². The van der Waals surface area contributed by atoms with Crippen molar-refractivity contribution in [1.82, 2.24) is 4.98 Å². The second kappa shape index (κ2) is 6.66. The van der Waals surface area contributed by atoms with E-state index in [1.165, 1.54) is 23.5 Å². The summed E-state index contributed by atoms with van der Waals surface area (Å²) in [6, 6.07) is 11.8. The number of ether oxygens (including phenoxy) is 2. The van der Waals surface area contributed by atoms with Gasteiger partial charge in [-0.25, -0.2) is 9.37 Å². The van der Waals surface area contributed by atoms with Crippen LogP contribution in [0.5, 0.6) is 11.5 Å². The fourth-order valence-electron chi connectivity index (χ4n) is 2.10. The van der Waals surface area contributed by atoms with Crippen molar-refractivity contribution in [3.8, 4) is 22.8 Å². The number of benzene rings is 2. The van der Waals surface area contributed by atoms with Crippen LogP contribution in [-0.2, 0) is 0 Å². The first-order chi connectivity index (χ1) is 11.2. The van der Waals surface area contributed by atoms with Gasteiger partial charge in [-0.05, 0) is 36.4 Å². The van der Waals surface area contributed by atoms with Crippen LogP contribution in [-0.4, -0.2) is 19.2 Å². The van der Waals surface area contributed by atoms with E-state index in [-0.39, 0.29) is 5.82 Å². The number of nitrogens with zero attached hydrogens (tertiary/aromatic N) is 1. The average molecular weight is 330 g/mol. The molecule has 1 heterocycles. The normalized spacial score (nSPS) is 10.4. The molecule has 0 amide bonds. The molecular weight excluding hydrogens is 315 g/mol. The van der Waals surface area contributed by atoms with E-state index < -0.39 is 0 Å². The maximum atomic E-state index is 13.0. The van der Waals surface area contributed by atoms with Gasteiger partial charge in [-0.15, -0.1) is 11.3 Å². The van der Waals surface area contributed by atoms with E-state index >= 15 is 0 Å². The Labute approximate surface area is 137 Å². The van der Waals surface area contributed by atoms with E-state index in [9.17, 15) is 4.39 Å².